The van der Waals surface area contributed by atoms with Crippen LogP contribution in [0.15, 0.2) is 53.4 Å². The Morgan fingerprint density at radius 3 is 2.28 bits per heavy atom. The van der Waals surface area contributed by atoms with Crippen molar-refractivity contribution in [1.29, 1.82) is 0 Å². The van der Waals surface area contributed by atoms with Crippen LogP contribution in [0.3, 0.4) is 0 Å². The topological polar surface area (TPSA) is 69.7 Å². The molecule has 7 heteroatoms. The van der Waals surface area contributed by atoms with Crippen molar-refractivity contribution in [3.05, 3.63) is 59.7 Å². The van der Waals surface area contributed by atoms with Gasteiger partial charge in [-0.05, 0) is 30.7 Å². The van der Waals surface area contributed by atoms with Gasteiger partial charge in [0.2, 0.25) is 10.0 Å². The van der Waals surface area contributed by atoms with Crippen molar-refractivity contribution in [1.82, 2.24) is 9.21 Å². The van der Waals surface area contributed by atoms with E-state index in [0.29, 0.717) is 12.2 Å². The molecule has 0 aliphatic rings. The van der Waals surface area contributed by atoms with Gasteiger partial charge in [-0.15, -0.1) is 0 Å². The number of nitrogens with one attached hydrogen (secondary N) is 1. The van der Waals surface area contributed by atoms with E-state index in [1.165, 1.54) is 31.1 Å². The van der Waals surface area contributed by atoms with E-state index in [2.05, 4.69) is 5.32 Å². The maximum Gasteiger partial charge on any atom is 0.321 e. The summed E-state index contributed by atoms with van der Waals surface area (Å²) in [6, 6.07) is 13.9. The first-order valence-electron chi connectivity index (χ1n) is 7.80. The quantitative estimate of drug-likeness (QED) is 0.890. The van der Waals surface area contributed by atoms with Gasteiger partial charge in [-0.2, -0.15) is 0 Å². The number of benzene rings is 2. The Bertz CT molecular complexity index is 846. The molecule has 2 amide bonds. The number of sulfonamides is 1. The highest BCUT2D eigenvalue weighted by Gasteiger charge is 2.18. The molecule has 2 aromatic rings. The molecule has 0 aliphatic carbocycles. The summed E-state index contributed by atoms with van der Waals surface area (Å²) < 4.78 is 25.5. The summed E-state index contributed by atoms with van der Waals surface area (Å²) in [7, 11) is 1.09. The van der Waals surface area contributed by atoms with Gasteiger partial charge in [0, 0.05) is 33.4 Å². The second kappa shape index (κ2) is 7.67. The van der Waals surface area contributed by atoms with E-state index in [9.17, 15) is 13.2 Å². The number of carbonyl (C=O) groups is 1. The summed E-state index contributed by atoms with van der Waals surface area (Å²) >= 11 is 0. The smallest absolute Gasteiger partial charge is 0.321 e. The van der Waals surface area contributed by atoms with E-state index in [1.54, 1.807) is 19.2 Å². The molecule has 0 fully saturated rings. The number of aryl methyl sites for hydroxylation is 1. The van der Waals surface area contributed by atoms with E-state index >= 15 is 0 Å². The SMILES string of the molecule is Cc1ccc(CN(C)C(=O)Nc2cccc(S(=O)(=O)N(C)C)c2)cc1. The molecular weight excluding hydrogens is 338 g/mol. The molecule has 0 heterocycles. The second-order valence-corrected chi connectivity index (χ2v) is 8.24. The number of carbonyl (C=O) groups excluding carboxylic acids is 1. The molecule has 0 saturated heterocycles. The van der Waals surface area contributed by atoms with Gasteiger partial charge in [-0.25, -0.2) is 17.5 Å². The van der Waals surface area contributed by atoms with Crippen molar-refractivity contribution < 1.29 is 13.2 Å². The molecule has 1 N–H and O–H groups in total. The summed E-state index contributed by atoms with van der Waals surface area (Å²) in [5.74, 6) is 0. The first kappa shape index (κ1) is 19.0. The van der Waals surface area contributed by atoms with Gasteiger partial charge in [0.25, 0.3) is 0 Å². The van der Waals surface area contributed by atoms with Crippen LogP contribution < -0.4 is 5.32 Å². The molecule has 134 valence electrons. The van der Waals surface area contributed by atoms with Gasteiger partial charge < -0.3 is 10.2 Å². The van der Waals surface area contributed by atoms with Crippen LogP contribution >= 0.6 is 0 Å². The lowest BCUT2D eigenvalue weighted by atomic mass is 10.1. The van der Waals surface area contributed by atoms with Crippen LogP contribution in [0.25, 0.3) is 0 Å². The molecule has 0 saturated carbocycles. The minimum absolute atomic E-state index is 0.136. The average Bonchev–Trinajstić information content (AvgIpc) is 2.57. The summed E-state index contributed by atoms with van der Waals surface area (Å²) in [5, 5.41) is 2.73. The lowest BCUT2D eigenvalue weighted by Gasteiger charge is -2.19. The number of amides is 2. The van der Waals surface area contributed by atoms with Gasteiger partial charge in [0.1, 0.15) is 0 Å². The van der Waals surface area contributed by atoms with E-state index in [4.69, 9.17) is 0 Å². The molecule has 0 aromatic heterocycles. The average molecular weight is 361 g/mol. The predicted molar refractivity (Wildman–Crippen MR) is 99.0 cm³/mol. The maximum atomic E-state index is 12.3. The van der Waals surface area contributed by atoms with Gasteiger partial charge in [-0.3, -0.25) is 0 Å². The Labute approximate surface area is 149 Å². The summed E-state index contributed by atoms with van der Waals surface area (Å²) in [6.07, 6.45) is 0. The lowest BCUT2D eigenvalue weighted by Crippen LogP contribution is -2.31. The number of hydrogen-bond acceptors (Lipinski definition) is 3. The third kappa shape index (κ3) is 4.80. The largest absolute Gasteiger partial charge is 0.323 e. The Balaban J connectivity index is 2.08. The Morgan fingerprint density at radius 1 is 1.04 bits per heavy atom. The number of nitrogens with zero attached hydrogens (tertiary/aromatic N) is 2. The summed E-state index contributed by atoms with van der Waals surface area (Å²) in [4.78, 5) is 14.0. The molecule has 25 heavy (non-hydrogen) atoms. The minimum Gasteiger partial charge on any atom is -0.323 e. The minimum atomic E-state index is -3.54. The zero-order valence-electron chi connectivity index (χ0n) is 14.9. The zero-order valence-corrected chi connectivity index (χ0v) is 15.7. The van der Waals surface area contributed by atoms with Crippen molar-refractivity contribution in [3.8, 4) is 0 Å². The normalized spacial score (nSPS) is 11.4. The standard InChI is InChI=1S/C18H23N3O3S/c1-14-8-10-15(11-9-14)13-21(4)18(22)19-16-6-5-7-17(12-16)25(23,24)20(2)3/h5-12H,13H2,1-4H3,(H,19,22). The van der Waals surface area contributed by atoms with Crippen molar-refractivity contribution in [3.63, 3.8) is 0 Å². The van der Waals surface area contributed by atoms with E-state index in [-0.39, 0.29) is 10.9 Å². The number of rotatable bonds is 5. The fourth-order valence-corrected chi connectivity index (χ4v) is 3.15. The van der Waals surface area contributed by atoms with Crippen LogP contribution in [0, 0.1) is 6.92 Å². The van der Waals surface area contributed by atoms with Crippen LogP contribution in [0.1, 0.15) is 11.1 Å². The molecule has 2 rings (SSSR count). The lowest BCUT2D eigenvalue weighted by molar-refractivity contribution is 0.220. The summed E-state index contributed by atoms with van der Waals surface area (Å²) in [6.45, 7) is 2.47. The second-order valence-electron chi connectivity index (χ2n) is 6.09. The fourth-order valence-electron chi connectivity index (χ4n) is 2.20. The van der Waals surface area contributed by atoms with Crippen molar-refractivity contribution in [2.24, 2.45) is 0 Å². The number of urea groups is 1. The highest BCUT2D eigenvalue weighted by molar-refractivity contribution is 7.89. The molecule has 0 aliphatic heterocycles. The van der Waals surface area contributed by atoms with Crippen LogP contribution in [0.4, 0.5) is 10.5 Å². The molecular formula is C18H23N3O3S. The molecule has 0 bridgehead atoms. The maximum absolute atomic E-state index is 12.3. The van der Waals surface area contributed by atoms with Crippen LogP contribution in [-0.4, -0.2) is 44.8 Å². The van der Waals surface area contributed by atoms with Crippen molar-refractivity contribution in [2.45, 2.75) is 18.4 Å². The highest BCUT2D eigenvalue weighted by Crippen LogP contribution is 2.18. The van der Waals surface area contributed by atoms with Gasteiger partial charge in [-0.1, -0.05) is 35.9 Å². The zero-order chi connectivity index (χ0) is 18.6. The van der Waals surface area contributed by atoms with Crippen LogP contribution in [-0.2, 0) is 16.6 Å². The first-order valence-corrected chi connectivity index (χ1v) is 9.24. The van der Waals surface area contributed by atoms with Gasteiger partial charge >= 0.3 is 6.03 Å². The molecule has 0 atom stereocenters. The molecule has 0 spiro atoms. The Morgan fingerprint density at radius 2 is 1.68 bits per heavy atom. The molecule has 2 aromatic carbocycles. The molecule has 6 nitrogen and oxygen atoms in total. The van der Waals surface area contributed by atoms with Crippen LogP contribution in [0.5, 0.6) is 0 Å². The van der Waals surface area contributed by atoms with E-state index in [0.717, 1.165) is 15.4 Å². The first-order chi connectivity index (χ1) is 11.7. The van der Waals surface area contributed by atoms with Gasteiger partial charge in [0.15, 0.2) is 0 Å². The summed E-state index contributed by atoms with van der Waals surface area (Å²) in [5.41, 5.74) is 2.62. The number of anilines is 1. The number of hydrogen-bond donors (Lipinski definition) is 1. The Kier molecular flexibility index (Phi) is 5.81. The third-order valence-corrected chi connectivity index (χ3v) is 5.56. The fraction of sp³-hybridized carbons (Fsp3) is 0.278. The Hall–Kier alpha value is -2.38. The highest BCUT2D eigenvalue weighted by atomic mass is 32.2. The third-order valence-electron chi connectivity index (χ3n) is 3.75. The van der Waals surface area contributed by atoms with Crippen molar-refractivity contribution in [2.75, 3.05) is 26.5 Å². The van der Waals surface area contributed by atoms with E-state index in [1.807, 2.05) is 31.2 Å². The molecule has 0 unspecified atom stereocenters. The van der Waals surface area contributed by atoms with Gasteiger partial charge in [0.05, 0.1) is 4.90 Å². The predicted octanol–water partition coefficient (Wildman–Crippen LogP) is 2.91. The molecule has 0 radical (unpaired) electrons. The monoisotopic (exact) mass is 361 g/mol. The van der Waals surface area contributed by atoms with E-state index < -0.39 is 10.0 Å². The van der Waals surface area contributed by atoms with Crippen LogP contribution in [0.2, 0.25) is 0 Å². The van der Waals surface area contributed by atoms with Crippen molar-refractivity contribution >= 4 is 21.7 Å².